The molecule has 0 aliphatic carbocycles. The number of nitrogens with zero attached hydrogens (tertiary/aromatic N) is 2. The van der Waals surface area contributed by atoms with Crippen LogP contribution in [0.25, 0.3) is 0 Å². The van der Waals surface area contributed by atoms with Crippen molar-refractivity contribution in [3.63, 3.8) is 0 Å². The van der Waals surface area contributed by atoms with Crippen LogP contribution >= 0.6 is 0 Å². The number of aliphatic hydroxyl groups is 5. The van der Waals surface area contributed by atoms with Gasteiger partial charge in [-0.15, -0.1) is 0 Å². The Bertz CT molecular complexity index is 2150. The average molecular weight is 1030 g/mol. The van der Waals surface area contributed by atoms with Crippen molar-refractivity contribution in [2.24, 2.45) is 5.73 Å². The molecule has 2 aliphatic heterocycles. The Kier molecular flexibility index (Phi) is 22.7. The Labute approximate surface area is 411 Å². The van der Waals surface area contributed by atoms with E-state index in [0.29, 0.717) is 12.0 Å². The van der Waals surface area contributed by atoms with Crippen LogP contribution in [0.1, 0.15) is 58.4 Å². The fourth-order valence-corrected chi connectivity index (χ4v) is 7.67. The predicted octanol–water partition coefficient (Wildman–Crippen LogP) is -8.04. The fraction of sp³-hybridized carbons (Fsp3) is 0.605. The highest BCUT2D eigenvalue weighted by Gasteiger charge is 2.42. The number of nitrogens with one attached hydrogen (secondary N) is 7. The Morgan fingerprint density at radius 3 is 1.49 bits per heavy atom. The molecule has 400 valence electrons. The summed E-state index contributed by atoms with van der Waals surface area (Å²) in [6.45, 7) is 0.319. The number of likely N-dealkylation sites (tertiary alicyclic amines) is 2. The lowest BCUT2D eigenvalue weighted by Crippen LogP contribution is -2.63. The van der Waals surface area contributed by atoms with Gasteiger partial charge in [-0.2, -0.15) is 0 Å². The summed E-state index contributed by atoms with van der Waals surface area (Å²) in [7, 11) is 0. The monoisotopic (exact) mass is 1020 g/mol. The average Bonchev–Trinajstić information content (AvgIpc) is 4.04. The molecule has 29 heteroatoms. The number of hydrogen-bond acceptors (Lipinski definition) is 18. The zero-order valence-corrected chi connectivity index (χ0v) is 39.6. The zero-order chi connectivity index (χ0) is 54.1. The molecule has 3 rings (SSSR count). The summed E-state index contributed by atoms with van der Waals surface area (Å²) >= 11 is 0. The van der Waals surface area contributed by atoms with Crippen LogP contribution in [0.15, 0.2) is 24.3 Å². The number of aliphatic hydroxyl groups excluding tert-OH is 5. The topological polar surface area (TPSA) is 466 Å². The molecular weight excluding hydrogens is 961 g/mol. The zero-order valence-electron chi connectivity index (χ0n) is 39.6. The number of benzene rings is 1. The van der Waals surface area contributed by atoms with E-state index >= 15 is 0 Å². The SMILES string of the molecule is C[C@H](NC(=O)[C@@H]1CCCN1C(=O)[C@@H](NC(=O)[C@@H](NC(=O)[C@H](CC(=O)O)NC(=O)[C@H](CO)NC(=O)[C@H](CO)NC(=O)[C@H](Cc1ccc(O)cc1)NC(=O)[C@@H]1CCCN1C(=O)[C@@H](N)CO)[C@@H](C)O)[C@@H](C)O)C(=O)O. The van der Waals surface area contributed by atoms with Crippen LogP contribution in [-0.4, -0.2) is 221 Å². The number of hydrogen-bond donors (Lipinski definition) is 16. The number of carbonyl (C=O) groups is 11. The standard InChI is InChI=1S/C43H64N10O19/c1-19(43(71)72)45-38(66)29-6-5-13-53(29)42(70)33(21(3)58)51-40(68)32(20(2)57)50-35(63)26(15-31(60)61)46-36(64)27(17-55)49-37(65)28(18-56)48-34(62)25(14-22-8-10-23(59)11-9-22)47-39(67)30-7-4-12-52(30)41(69)24(44)16-54/h8-11,19-21,24-30,32-33,54-59H,4-7,12-18,44H2,1-3H3,(H,45,66)(H,46,64)(H,47,67)(H,48,62)(H,49,65)(H,50,63)(H,51,68)(H,60,61)(H,71,72)/t19-,20+,21+,24-,25-,26-,27-,28-,29-,30-,32-,33-/m0/s1. The molecule has 29 nitrogen and oxygen atoms in total. The van der Waals surface area contributed by atoms with Crippen LogP contribution in [-0.2, 0) is 59.2 Å². The lowest BCUT2D eigenvalue weighted by atomic mass is 10.0. The first-order chi connectivity index (χ1) is 33.8. The summed E-state index contributed by atoms with van der Waals surface area (Å²) in [5, 5.41) is 94.5. The molecule has 0 aromatic heterocycles. The van der Waals surface area contributed by atoms with Crippen molar-refractivity contribution in [3.8, 4) is 5.75 Å². The largest absolute Gasteiger partial charge is 0.508 e. The Morgan fingerprint density at radius 1 is 0.583 bits per heavy atom. The van der Waals surface area contributed by atoms with Crippen molar-refractivity contribution in [2.45, 2.75) is 132 Å². The minimum absolute atomic E-state index is 0.0358. The van der Waals surface area contributed by atoms with E-state index in [2.05, 4.69) is 21.3 Å². The smallest absolute Gasteiger partial charge is 0.325 e. The first kappa shape index (κ1) is 59.3. The molecule has 2 aliphatic rings. The van der Waals surface area contributed by atoms with Gasteiger partial charge >= 0.3 is 11.9 Å². The number of nitrogens with two attached hydrogens (primary N) is 1. The minimum Gasteiger partial charge on any atom is -0.508 e. The van der Waals surface area contributed by atoms with Crippen LogP contribution in [0.2, 0.25) is 0 Å². The Hall–Kier alpha value is -7.05. The number of rotatable bonds is 26. The lowest BCUT2D eigenvalue weighted by Gasteiger charge is -2.32. The van der Waals surface area contributed by atoms with Crippen molar-refractivity contribution in [1.29, 1.82) is 0 Å². The third-order valence-corrected chi connectivity index (χ3v) is 11.7. The van der Waals surface area contributed by atoms with Gasteiger partial charge in [-0.25, -0.2) is 0 Å². The van der Waals surface area contributed by atoms with E-state index in [9.17, 15) is 93.6 Å². The van der Waals surface area contributed by atoms with E-state index in [1.807, 2.05) is 16.0 Å². The predicted molar refractivity (Wildman–Crippen MR) is 243 cm³/mol. The maximum absolute atomic E-state index is 13.7. The Morgan fingerprint density at radius 2 is 1.03 bits per heavy atom. The molecule has 9 amide bonds. The number of phenols is 1. The van der Waals surface area contributed by atoms with E-state index in [0.717, 1.165) is 23.6 Å². The first-order valence-corrected chi connectivity index (χ1v) is 22.8. The minimum atomic E-state index is -2.11. The second-order valence-corrected chi connectivity index (χ2v) is 17.3. The van der Waals surface area contributed by atoms with Gasteiger partial charge in [0.1, 0.15) is 66.2 Å². The molecule has 2 fully saturated rings. The van der Waals surface area contributed by atoms with Crippen molar-refractivity contribution < 1.29 is 93.6 Å². The number of carbonyl (C=O) groups excluding carboxylic acids is 9. The maximum Gasteiger partial charge on any atom is 0.325 e. The quantitative estimate of drug-likeness (QED) is 0.0410. The van der Waals surface area contributed by atoms with Crippen LogP contribution < -0.4 is 43.0 Å². The molecule has 1 aromatic rings. The molecule has 0 saturated carbocycles. The number of aliphatic carboxylic acids is 2. The van der Waals surface area contributed by atoms with Crippen molar-refractivity contribution in [1.82, 2.24) is 47.0 Å². The molecule has 0 radical (unpaired) electrons. The van der Waals surface area contributed by atoms with Gasteiger partial charge in [0.05, 0.1) is 38.4 Å². The molecule has 0 unspecified atom stereocenters. The fourth-order valence-electron chi connectivity index (χ4n) is 7.67. The molecule has 72 heavy (non-hydrogen) atoms. The molecule has 0 spiro atoms. The summed E-state index contributed by atoms with van der Waals surface area (Å²) in [6, 6.07) is -10.9. The third-order valence-electron chi connectivity index (χ3n) is 11.7. The first-order valence-electron chi connectivity index (χ1n) is 22.8. The summed E-state index contributed by atoms with van der Waals surface area (Å²) in [5.41, 5.74) is 6.08. The van der Waals surface area contributed by atoms with E-state index in [1.54, 1.807) is 0 Å². The van der Waals surface area contributed by atoms with E-state index in [4.69, 9.17) is 5.73 Å². The van der Waals surface area contributed by atoms with E-state index in [1.165, 1.54) is 31.2 Å². The number of aromatic hydroxyl groups is 1. The highest BCUT2D eigenvalue weighted by molar-refractivity contribution is 5.99. The highest BCUT2D eigenvalue weighted by atomic mass is 16.4. The molecular formula is C43H64N10O19. The molecule has 12 atom stereocenters. The van der Waals surface area contributed by atoms with Crippen molar-refractivity contribution in [2.75, 3.05) is 32.9 Å². The summed E-state index contributed by atoms with van der Waals surface area (Å²) in [4.78, 5) is 146. The van der Waals surface area contributed by atoms with Crippen LogP contribution in [0, 0.1) is 0 Å². The molecule has 2 saturated heterocycles. The van der Waals surface area contributed by atoms with Crippen LogP contribution in [0.4, 0.5) is 0 Å². The van der Waals surface area contributed by atoms with Crippen LogP contribution in [0.3, 0.4) is 0 Å². The Balaban J connectivity index is 1.75. The van der Waals surface area contributed by atoms with Gasteiger partial charge in [-0.1, -0.05) is 12.1 Å². The summed E-state index contributed by atoms with van der Waals surface area (Å²) in [5.74, 6) is -13.1. The normalized spacial score (nSPS) is 19.6. The second-order valence-electron chi connectivity index (χ2n) is 17.3. The number of phenolic OH excluding ortho intramolecular Hbond substituents is 1. The van der Waals surface area contributed by atoms with Crippen molar-refractivity contribution in [3.05, 3.63) is 29.8 Å². The summed E-state index contributed by atoms with van der Waals surface area (Å²) < 4.78 is 0. The molecule has 2 heterocycles. The van der Waals surface area contributed by atoms with Crippen molar-refractivity contribution >= 4 is 65.1 Å². The highest BCUT2D eigenvalue weighted by Crippen LogP contribution is 2.21. The second kappa shape index (κ2) is 27.5. The van der Waals surface area contributed by atoms with Gasteiger partial charge < -0.3 is 93.6 Å². The molecule has 17 N–H and O–H groups in total. The number of amides is 9. The molecule has 1 aromatic carbocycles. The van der Waals surface area contributed by atoms with Gasteiger partial charge in [-0.3, -0.25) is 52.7 Å². The molecule has 0 bridgehead atoms. The van der Waals surface area contributed by atoms with Gasteiger partial charge in [-0.05, 0) is 64.2 Å². The summed E-state index contributed by atoms with van der Waals surface area (Å²) in [6.07, 6.45) is -3.99. The van der Waals surface area contributed by atoms with Gasteiger partial charge in [0, 0.05) is 19.5 Å². The lowest BCUT2D eigenvalue weighted by molar-refractivity contribution is -0.146. The number of carboxylic acids is 2. The maximum atomic E-state index is 13.7. The van der Waals surface area contributed by atoms with Gasteiger partial charge in [0.15, 0.2) is 0 Å². The van der Waals surface area contributed by atoms with Gasteiger partial charge in [0.25, 0.3) is 0 Å². The van der Waals surface area contributed by atoms with Gasteiger partial charge in [0.2, 0.25) is 53.2 Å². The third kappa shape index (κ3) is 16.5. The number of carboxylic acid groups (broad SMARTS) is 2. The van der Waals surface area contributed by atoms with E-state index in [-0.39, 0.29) is 44.5 Å². The van der Waals surface area contributed by atoms with Crippen LogP contribution in [0.5, 0.6) is 5.75 Å². The van der Waals surface area contributed by atoms with E-state index < -0.39 is 164 Å².